The van der Waals surface area contributed by atoms with Crippen LogP contribution < -0.4 is 0 Å². The van der Waals surface area contributed by atoms with Gasteiger partial charge in [-0.2, -0.15) is 0 Å². The van der Waals surface area contributed by atoms with Crippen molar-refractivity contribution in [1.29, 1.82) is 0 Å². The molecule has 0 N–H and O–H groups in total. The summed E-state index contributed by atoms with van der Waals surface area (Å²) in [6.45, 7) is 6.21. The molecule has 0 saturated heterocycles. The summed E-state index contributed by atoms with van der Waals surface area (Å²) in [4.78, 5) is 24.2. The number of hydrogen-bond donors (Lipinski definition) is 0. The summed E-state index contributed by atoms with van der Waals surface area (Å²) >= 11 is 0. The first-order valence-corrected chi connectivity index (χ1v) is 8.47. The molecule has 2 unspecified atom stereocenters. The molecule has 1 saturated carbocycles. The highest BCUT2D eigenvalue weighted by molar-refractivity contribution is 5.94. The van der Waals surface area contributed by atoms with Crippen LogP contribution in [0.25, 0.3) is 0 Å². The summed E-state index contributed by atoms with van der Waals surface area (Å²) < 4.78 is 10.7. The molecule has 0 aromatic rings. The molecule has 0 aromatic heterocycles. The average Bonchev–Trinajstić information content (AvgIpc) is 2.50. The van der Waals surface area contributed by atoms with E-state index in [9.17, 15) is 9.59 Å². The van der Waals surface area contributed by atoms with Gasteiger partial charge < -0.3 is 9.47 Å². The van der Waals surface area contributed by atoms with Crippen LogP contribution in [0.3, 0.4) is 0 Å². The average molecular weight is 298 g/mol. The maximum absolute atomic E-state index is 12.3. The van der Waals surface area contributed by atoms with Crippen LogP contribution in [0.2, 0.25) is 0 Å². The first-order chi connectivity index (χ1) is 10.1. The molecule has 4 nitrogen and oxygen atoms in total. The summed E-state index contributed by atoms with van der Waals surface area (Å²) in [5.41, 5.74) is 0. The van der Waals surface area contributed by atoms with Crippen LogP contribution in [0.4, 0.5) is 0 Å². The normalized spacial score (nSPS) is 18.8. The molecule has 0 heterocycles. The lowest BCUT2D eigenvalue weighted by molar-refractivity contribution is -0.167. The van der Waals surface area contributed by atoms with Crippen molar-refractivity contribution in [3.05, 3.63) is 0 Å². The number of hydrogen-bond acceptors (Lipinski definition) is 4. The molecule has 0 bridgehead atoms. The van der Waals surface area contributed by atoms with Gasteiger partial charge in [0.2, 0.25) is 0 Å². The second-order valence-corrected chi connectivity index (χ2v) is 6.05. The molecule has 0 aliphatic heterocycles. The quantitative estimate of drug-likeness (QED) is 0.504. The molecular weight excluding hydrogens is 268 g/mol. The second kappa shape index (κ2) is 9.80. The molecule has 1 fully saturated rings. The number of rotatable bonds is 8. The van der Waals surface area contributed by atoms with E-state index in [1.54, 1.807) is 0 Å². The first kappa shape index (κ1) is 18.0. The van der Waals surface area contributed by atoms with Gasteiger partial charge in [0, 0.05) is 0 Å². The maximum Gasteiger partial charge on any atom is 0.320 e. The van der Waals surface area contributed by atoms with E-state index in [1.165, 1.54) is 19.3 Å². The lowest BCUT2D eigenvalue weighted by Crippen LogP contribution is -2.33. The third kappa shape index (κ3) is 6.06. The van der Waals surface area contributed by atoms with Crippen LogP contribution >= 0.6 is 0 Å². The molecule has 0 spiro atoms. The standard InChI is InChI=1S/C17H30O4/c1-4-9-15(16(18)20-12-5-2)17(19)21-13(3)14-10-7-6-8-11-14/h13-15H,4-12H2,1-3H3. The molecule has 0 amide bonds. The van der Waals surface area contributed by atoms with Crippen molar-refractivity contribution < 1.29 is 19.1 Å². The Morgan fingerprint density at radius 3 is 2.29 bits per heavy atom. The number of esters is 2. The Morgan fingerprint density at radius 1 is 1.05 bits per heavy atom. The van der Waals surface area contributed by atoms with E-state index in [0.29, 0.717) is 18.9 Å². The molecule has 122 valence electrons. The van der Waals surface area contributed by atoms with Crippen molar-refractivity contribution in [3.63, 3.8) is 0 Å². The Kier molecular flexibility index (Phi) is 8.40. The Hall–Kier alpha value is -1.06. The Balaban J connectivity index is 2.52. The fourth-order valence-electron chi connectivity index (χ4n) is 2.89. The smallest absolute Gasteiger partial charge is 0.320 e. The van der Waals surface area contributed by atoms with Gasteiger partial charge in [-0.3, -0.25) is 9.59 Å². The van der Waals surface area contributed by atoms with Crippen LogP contribution in [-0.4, -0.2) is 24.6 Å². The van der Waals surface area contributed by atoms with Gasteiger partial charge in [-0.15, -0.1) is 0 Å². The van der Waals surface area contributed by atoms with Crippen molar-refractivity contribution >= 4 is 11.9 Å². The lowest BCUT2D eigenvalue weighted by atomic mass is 9.86. The van der Waals surface area contributed by atoms with Crippen molar-refractivity contribution in [2.75, 3.05) is 6.61 Å². The number of ether oxygens (including phenoxy) is 2. The third-order valence-corrected chi connectivity index (χ3v) is 4.21. The van der Waals surface area contributed by atoms with E-state index in [-0.39, 0.29) is 6.10 Å². The van der Waals surface area contributed by atoms with Crippen molar-refractivity contribution in [1.82, 2.24) is 0 Å². The molecule has 1 aliphatic carbocycles. The Bertz CT molecular complexity index is 321. The van der Waals surface area contributed by atoms with Crippen molar-refractivity contribution in [2.45, 2.75) is 78.2 Å². The van der Waals surface area contributed by atoms with E-state index in [1.807, 2.05) is 20.8 Å². The van der Waals surface area contributed by atoms with Crippen LogP contribution in [0.15, 0.2) is 0 Å². The van der Waals surface area contributed by atoms with Gasteiger partial charge in [0.05, 0.1) is 6.61 Å². The monoisotopic (exact) mass is 298 g/mol. The molecule has 2 atom stereocenters. The Labute approximate surface area is 128 Å². The summed E-state index contributed by atoms with van der Waals surface area (Å²) in [5.74, 6) is -1.15. The SMILES string of the molecule is CCCOC(=O)C(CCC)C(=O)OC(C)C1CCCCC1. The van der Waals surface area contributed by atoms with Gasteiger partial charge in [0.25, 0.3) is 0 Å². The fraction of sp³-hybridized carbons (Fsp3) is 0.882. The second-order valence-electron chi connectivity index (χ2n) is 6.05. The molecule has 4 heteroatoms. The van der Waals surface area contributed by atoms with E-state index in [2.05, 4.69) is 0 Å². The predicted octanol–water partition coefficient (Wildman–Crippen LogP) is 3.87. The van der Waals surface area contributed by atoms with E-state index in [0.717, 1.165) is 25.7 Å². The van der Waals surface area contributed by atoms with Gasteiger partial charge in [-0.05, 0) is 38.5 Å². The topological polar surface area (TPSA) is 52.6 Å². The summed E-state index contributed by atoms with van der Waals surface area (Å²) in [5, 5.41) is 0. The van der Waals surface area contributed by atoms with Gasteiger partial charge in [0.15, 0.2) is 5.92 Å². The van der Waals surface area contributed by atoms with Crippen molar-refractivity contribution in [3.8, 4) is 0 Å². The Morgan fingerprint density at radius 2 is 1.71 bits per heavy atom. The third-order valence-electron chi connectivity index (χ3n) is 4.21. The molecular formula is C17H30O4. The minimum atomic E-state index is -0.757. The lowest BCUT2D eigenvalue weighted by Gasteiger charge is -2.28. The van der Waals surface area contributed by atoms with Crippen LogP contribution in [0.5, 0.6) is 0 Å². The highest BCUT2D eigenvalue weighted by Crippen LogP contribution is 2.28. The van der Waals surface area contributed by atoms with Crippen LogP contribution in [0, 0.1) is 11.8 Å². The van der Waals surface area contributed by atoms with E-state index < -0.39 is 17.9 Å². The van der Waals surface area contributed by atoms with Gasteiger partial charge in [0.1, 0.15) is 6.10 Å². The highest BCUT2D eigenvalue weighted by atomic mass is 16.6. The van der Waals surface area contributed by atoms with Gasteiger partial charge in [-0.25, -0.2) is 0 Å². The molecule has 0 radical (unpaired) electrons. The summed E-state index contributed by atoms with van der Waals surface area (Å²) in [6, 6.07) is 0. The highest BCUT2D eigenvalue weighted by Gasteiger charge is 2.32. The predicted molar refractivity (Wildman–Crippen MR) is 81.8 cm³/mol. The zero-order valence-corrected chi connectivity index (χ0v) is 13.7. The summed E-state index contributed by atoms with van der Waals surface area (Å²) in [6.07, 6.45) is 7.86. The largest absolute Gasteiger partial charge is 0.465 e. The van der Waals surface area contributed by atoms with E-state index >= 15 is 0 Å². The van der Waals surface area contributed by atoms with Crippen molar-refractivity contribution in [2.24, 2.45) is 11.8 Å². The zero-order valence-electron chi connectivity index (χ0n) is 13.7. The molecule has 1 rings (SSSR count). The summed E-state index contributed by atoms with van der Waals surface area (Å²) in [7, 11) is 0. The number of carbonyl (C=O) groups excluding carboxylic acids is 2. The minimum Gasteiger partial charge on any atom is -0.465 e. The maximum atomic E-state index is 12.3. The minimum absolute atomic E-state index is 0.101. The number of carbonyl (C=O) groups is 2. The molecule has 0 aromatic carbocycles. The fourth-order valence-corrected chi connectivity index (χ4v) is 2.89. The zero-order chi connectivity index (χ0) is 15.7. The van der Waals surface area contributed by atoms with Crippen LogP contribution in [-0.2, 0) is 19.1 Å². The van der Waals surface area contributed by atoms with E-state index in [4.69, 9.17) is 9.47 Å². The van der Waals surface area contributed by atoms with Crippen LogP contribution in [0.1, 0.15) is 72.1 Å². The first-order valence-electron chi connectivity index (χ1n) is 8.47. The van der Waals surface area contributed by atoms with Gasteiger partial charge >= 0.3 is 11.9 Å². The molecule has 21 heavy (non-hydrogen) atoms. The molecule has 1 aliphatic rings. The van der Waals surface area contributed by atoms with Gasteiger partial charge in [-0.1, -0.05) is 39.5 Å².